The van der Waals surface area contributed by atoms with Crippen LogP contribution in [0.25, 0.3) is 10.9 Å². The van der Waals surface area contributed by atoms with E-state index < -0.39 is 0 Å². The molecule has 1 amide bonds. The molecule has 7 heteroatoms. The third-order valence-electron chi connectivity index (χ3n) is 5.60. The summed E-state index contributed by atoms with van der Waals surface area (Å²) in [4.78, 5) is 21.7. The maximum atomic E-state index is 12.9. The first-order valence-corrected chi connectivity index (χ1v) is 11.0. The Morgan fingerprint density at radius 2 is 1.79 bits per heavy atom. The number of nitrogen functional groups attached to an aromatic ring is 1. The van der Waals surface area contributed by atoms with Crippen LogP contribution in [0, 0.1) is 13.8 Å². The summed E-state index contributed by atoms with van der Waals surface area (Å²) in [6, 6.07) is 15.0. The standard InChI is InChI=1S/C26H25ClN4O2/c1-15-5-21(28)6-16(2)24(15)13-30-26(33)19-10-22(31-23(11-19)14-32)8-17-3-4-25-18(7-17)9-20(27)12-29-25/h3-7,9-12,32H,8,13-14,28H2,1-2H3,(H,30,33). The van der Waals surface area contributed by atoms with Crippen molar-refractivity contribution in [3.8, 4) is 0 Å². The van der Waals surface area contributed by atoms with E-state index in [1.165, 1.54) is 0 Å². The minimum absolute atomic E-state index is 0.224. The normalized spacial score (nSPS) is 11.0. The lowest BCUT2D eigenvalue weighted by atomic mass is 10.0. The van der Waals surface area contributed by atoms with Crippen LogP contribution in [0.2, 0.25) is 5.02 Å². The van der Waals surface area contributed by atoms with Crippen molar-refractivity contribution in [1.82, 2.24) is 15.3 Å². The zero-order chi connectivity index (χ0) is 23.5. The predicted octanol–water partition coefficient (Wildman–Crippen LogP) is 4.50. The molecule has 2 aromatic carbocycles. The summed E-state index contributed by atoms with van der Waals surface area (Å²) in [5.74, 6) is -0.224. The Hall–Kier alpha value is -3.48. The Labute approximate surface area is 197 Å². The van der Waals surface area contributed by atoms with Gasteiger partial charge >= 0.3 is 0 Å². The number of aromatic nitrogens is 2. The van der Waals surface area contributed by atoms with Gasteiger partial charge in [0.25, 0.3) is 5.91 Å². The van der Waals surface area contributed by atoms with Gasteiger partial charge in [-0.25, -0.2) is 0 Å². The van der Waals surface area contributed by atoms with Crippen molar-refractivity contribution in [3.63, 3.8) is 0 Å². The fraction of sp³-hybridized carbons (Fsp3) is 0.192. The van der Waals surface area contributed by atoms with Crippen LogP contribution in [0.5, 0.6) is 0 Å². The first-order chi connectivity index (χ1) is 15.8. The maximum Gasteiger partial charge on any atom is 0.251 e. The number of carbonyl (C=O) groups excluding carboxylic acids is 1. The summed E-state index contributed by atoms with van der Waals surface area (Å²) < 4.78 is 0. The van der Waals surface area contributed by atoms with Crippen molar-refractivity contribution in [3.05, 3.63) is 99.0 Å². The number of fused-ring (bicyclic) bond motifs is 1. The molecule has 168 valence electrons. The third kappa shape index (κ3) is 5.30. The molecule has 33 heavy (non-hydrogen) atoms. The first-order valence-electron chi connectivity index (χ1n) is 10.6. The summed E-state index contributed by atoms with van der Waals surface area (Å²) in [6.45, 7) is 4.10. The number of carbonyl (C=O) groups is 1. The van der Waals surface area contributed by atoms with Gasteiger partial charge in [-0.3, -0.25) is 14.8 Å². The van der Waals surface area contributed by atoms with Crippen molar-refractivity contribution in [2.45, 2.75) is 33.4 Å². The number of nitrogens with two attached hydrogens (primary N) is 1. The number of aryl methyl sites for hydroxylation is 2. The molecule has 4 rings (SSSR count). The van der Waals surface area contributed by atoms with E-state index in [1.54, 1.807) is 18.3 Å². The first kappa shape index (κ1) is 22.7. The summed E-state index contributed by atoms with van der Waals surface area (Å²) in [5, 5.41) is 14.2. The molecule has 2 aromatic heterocycles. The molecular weight excluding hydrogens is 436 g/mol. The van der Waals surface area contributed by atoms with Crippen LogP contribution in [0.15, 0.2) is 54.7 Å². The van der Waals surface area contributed by atoms with Crippen molar-refractivity contribution in [2.24, 2.45) is 0 Å². The van der Waals surface area contributed by atoms with Crippen LogP contribution in [0.3, 0.4) is 0 Å². The van der Waals surface area contributed by atoms with Crippen molar-refractivity contribution in [1.29, 1.82) is 0 Å². The number of halogens is 1. The SMILES string of the molecule is Cc1cc(N)cc(C)c1CNC(=O)c1cc(CO)nc(Cc2ccc3ncc(Cl)cc3c2)c1. The second-order valence-corrected chi connectivity index (χ2v) is 8.61. The number of benzene rings is 2. The highest BCUT2D eigenvalue weighted by Gasteiger charge is 2.12. The third-order valence-corrected chi connectivity index (χ3v) is 5.80. The quantitative estimate of drug-likeness (QED) is 0.368. The molecule has 0 fully saturated rings. The molecule has 0 aliphatic heterocycles. The van der Waals surface area contributed by atoms with Gasteiger partial charge in [-0.15, -0.1) is 0 Å². The van der Waals surface area contributed by atoms with E-state index in [0.717, 1.165) is 33.2 Å². The Kier molecular flexibility index (Phi) is 6.58. The van der Waals surface area contributed by atoms with Gasteiger partial charge in [0.2, 0.25) is 0 Å². The van der Waals surface area contributed by atoms with Crippen LogP contribution >= 0.6 is 11.6 Å². The average Bonchev–Trinajstić information content (AvgIpc) is 2.77. The van der Waals surface area contributed by atoms with Gasteiger partial charge in [0.1, 0.15) is 0 Å². The molecule has 0 saturated heterocycles. The minimum Gasteiger partial charge on any atom is -0.399 e. The number of pyridine rings is 2. The molecule has 0 aliphatic rings. The van der Waals surface area contributed by atoms with Gasteiger partial charge in [0.05, 0.1) is 22.8 Å². The van der Waals surface area contributed by atoms with Gasteiger partial charge in [0, 0.05) is 41.5 Å². The number of aliphatic hydroxyl groups excluding tert-OH is 1. The predicted molar refractivity (Wildman–Crippen MR) is 131 cm³/mol. The average molecular weight is 461 g/mol. The number of hydrogen-bond donors (Lipinski definition) is 3. The molecule has 0 unspecified atom stereocenters. The van der Waals surface area contributed by atoms with Crippen LogP contribution in [-0.4, -0.2) is 21.0 Å². The van der Waals surface area contributed by atoms with E-state index >= 15 is 0 Å². The van der Waals surface area contributed by atoms with E-state index in [9.17, 15) is 9.90 Å². The number of nitrogens with zero attached hydrogens (tertiary/aromatic N) is 2. The number of nitrogens with one attached hydrogen (secondary N) is 1. The van der Waals surface area contributed by atoms with Crippen LogP contribution < -0.4 is 11.1 Å². The van der Waals surface area contributed by atoms with Gasteiger partial charge in [0.15, 0.2) is 0 Å². The summed E-state index contributed by atoms with van der Waals surface area (Å²) >= 11 is 6.07. The Bertz CT molecular complexity index is 1330. The van der Waals surface area contributed by atoms with E-state index in [0.29, 0.717) is 40.6 Å². The van der Waals surface area contributed by atoms with E-state index in [-0.39, 0.29) is 12.5 Å². The topological polar surface area (TPSA) is 101 Å². The van der Waals surface area contributed by atoms with E-state index in [4.69, 9.17) is 17.3 Å². The molecule has 0 bridgehead atoms. The fourth-order valence-corrected chi connectivity index (χ4v) is 4.17. The van der Waals surface area contributed by atoms with Gasteiger partial charge in [-0.2, -0.15) is 0 Å². The molecule has 2 heterocycles. The van der Waals surface area contributed by atoms with Crippen LogP contribution in [-0.2, 0) is 19.6 Å². The zero-order valence-electron chi connectivity index (χ0n) is 18.5. The highest BCUT2D eigenvalue weighted by atomic mass is 35.5. The second-order valence-electron chi connectivity index (χ2n) is 8.17. The summed E-state index contributed by atoms with van der Waals surface area (Å²) in [6.07, 6.45) is 2.13. The summed E-state index contributed by atoms with van der Waals surface area (Å²) in [7, 11) is 0. The highest BCUT2D eigenvalue weighted by Crippen LogP contribution is 2.21. The van der Waals surface area contributed by atoms with Gasteiger partial charge in [-0.1, -0.05) is 17.7 Å². The van der Waals surface area contributed by atoms with Crippen LogP contribution in [0.1, 0.15) is 44.0 Å². The largest absolute Gasteiger partial charge is 0.399 e. The van der Waals surface area contributed by atoms with Crippen molar-refractivity contribution < 1.29 is 9.90 Å². The minimum atomic E-state index is -0.248. The number of aliphatic hydroxyl groups is 1. The number of hydrogen-bond acceptors (Lipinski definition) is 5. The van der Waals surface area contributed by atoms with Gasteiger partial charge in [-0.05, 0) is 78.6 Å². The Balaban J connectivity index is 1.56. The number of anilines is 1. The monoisotopic (exact) mass is 460 g/mol. The molecule has 4 N–H and O–H groups in total. The van der Waals surface area contributed by atoms with Crippen molar-refractivity contribution in [2.75, 3.05) is 5.73 Å². The number of amides is 1. The molecular formula is C26H25ClN4O2. The van der Waals surface area contributed by atoms with Gasteiger partial charge < -0.3 is 16.2 Å². The lowest BCUT2D eigenvalue weighted by molar-refractivity contribution is 0.0950. The molecule has 0 aliphatic carbocycles. The molecule has 6 nitrogen and oxygen atoms in total. The molecule has 0 radical (unpaired) electrons. The second kappa shape index (κ2) is 9.57. The smallest absolute Gasteiger partial charge is 0.251 e. The number of rotatable bonds is 6. The van der Waals surface area contributed by atoms with Crippen molar-refractivity contribution >= 4 is 34.1 Å². The van der Waals surface area contributed by atoms with E-state index in [1.807, 2.05) is 50.2 Å². The molecule has 4 aromatic rings. The zero-order valence-corrected chi connectivity index (χ0v) is 19.3. The summed E-state index contributed by atoms with van der Waals surface area (Å²) in [5.41, 5.74) is 13.2. The molecule has 0 saturated carbocycles. The van der Waals surface area contributed by atoms with E-state index in [2.05, 4.69) is 15.3 Å². The van der Waals surface area contributed by atoms with Crippen LogP contribution in [0.4, 0.5) is 5.69 Å². The molecule has 0 atom stereocenters. The fourth-order valence-electron chi connectivity index (χ4n) is 4.00. The lowest BCUT2D eigenvalue weighted by Crippen LogP contribution is -2.24. The maximum absolute atomic E-state index is 12.9. The highest BCUT2D eigenvalue weighted by molar-refractivity contribution is 6.31. The Morgan fingerprint density at radius 1 is 1.06 bits per heavy atom. The molecule has 0 spiro atoms. The lowest BCUT2D eigenvalue weighted by Gasteiger charge is -2.13. The Morgan fingerprint density at radius 3 is 2.52 bits per heavy atom.